The lowest BCUT2D eigenvalue weighted by atomic mass is 9.77. The standard InChI is InChI=1S/C40H33N7O9/c41-37(54)36-32-18-30(43-38(55)56-39(23-48,24-49)25-50)16-17-33(32)47(44-36)21-34(51)45(22-35(52)53)19-31-20-46(26-42-31)40(27-10-4-1-5-11-27,28-12-6-2-7-13-28)29-14-8-3-9-15-29/h1-18,20,23-26H,19,21-22H2,(H2,41,54)(H,43,55)(H,52,53). The third-order valence-corrected chi connectivity index (χ3v) is 8.97. The number of carboxylic acids is 1. The Hall–Kier alpha value is -7.75. The van der Waals surface area contributed by atoms with Crippen molar-refractivity contribution in [2.24, 2.45) is 5.73 Å². The van der Waals surface area contributed by atoms with Gasteiger partial charge < -0.3 is 25.0 Å². The van der Waals surface area contributed by atoms with E-state index in [0.717, 1.165) is 26.3 Å². The number of nitrogens with zero attached hydrogens (tertiary/aromatic N) is 5. The van der Waals surface area contributed by atoms with E-state index in [0.29, 0.717) is 5.69 Å². The number of carbonyl (C=O) groups is 7. The highest BCUT2D eigenvalue weighted by Crippen LogP contribution is 2.40. The molecule has 16 nitrogen and oxygen atoms in total. The molecule has 4 N–H and O–H groups in total. The van der Waals surface area contributed by atoms with Gasteiger partial charge in [-0.3, -0.25) is 38.8 Å². The third-order valence-electron chi connectivity index (χ3n) is 8.97. The molecule has 0 fully saturated rings. The number of aldehydes is 3. The first-order valence-electron chi connectivity index (χ1n) is 16.9. The van der Waals surface area contributed by atoms with Crippen LogP contribution in [-0.4, -0.2) is 84.2 Å². The van der Waals surface area contributed by atoms with Crippen LogP contribution < -0.4 is 11.1 Å². The molecule has 2 aromatic heterocycles. The Morgan fingerprint density at radius 1 is 0.821 bits per heavy atom. The summed E-state index contributed by atoms with van der Waals surface area (Å²) in [5, 5.41) is 16.4. The molecule has 0 saturated heterocycles. The smallest absolute Gasteiger partial charge is 0.413 e. The molecule has 56 heavy (non-hydrogen) atoms. The van der Waals surface area contributed by atoms with Crippen molar-refractivity contribution in [3.05, 3.63) is 150 Å². The van der Waals surface area contributed by atoms with Gasteiger partial charge in [0.05, 0.1) is 24.1 Å². The lowest BCUT2D eigenvalue weighted by Gasteiger charge is -2.37. The second-order valence-electron chi connectivity index (χ2n) is 12.5. The van der Waals surface area contributed by atoms with Crippen molar-refractivity contribution in [2.75, 3.05) is 11.9 Å². The highest BCUT2D eigenvalue weighted by Gasteiger charge is 2.39. The van der Waals surface area contributed by atoms with E-state index in [4.69, 9.17) is 5.73 Å². The summed E-state index contributed by atoms with van der Waals surface area (Å²) in [6.45, 7) is -1.40. The summed E-state index contributed by atoms with van der Waals surface area (Å²) in [7, 11) is 0. The molecule has 6 aromatic rings. The van der Waals surface area contributed by atoms with Crippen molar-refractivity contribution in [3.63, 3.8) is 0 Å². The maximum absolute atomic E-state index is 13.9. The van der Waals surface area contributed by atoms with E-state index >= 15 is 0 Å². The number of nitrogens with two attached hydrogens (primary N) is 1. The van der Waals surface area contributed by atoms with Gasteiger partial charge in [0, 0.05) is 17.3 Å². The van der Waals surface area contributed by atoms with Gasteiger partial charge >= 0.3 is 12.1 Å². The fraction of sp³-hybridized carbons (Fsp3) is 0.125. The first-order chi connectivity index (χ1) is 27.0. The van der Waals surface area contributed by atoms with Crippen LogP contribution in [0.4, 0.5) is 10.5 Å². The zero-order valence-corrected chi connectivity index (χ0v) is 29.4. The summed E-state index contributed by atoms with van der Waals surface area (Å²) >= 11 is 0. The Morgan fingerprint density at radius 2 is 1.38 bits per heavy atom. The Labute approximate surface area is 318 Å². The number of hydrogen-bond donors (Lipinski definition) is 3. The van der Waals surface area contributed by atoms with E-state index < -0.39 is 48.1 Å². The van der Waals surface area contributed by atoms with E-state index in [9.17, 15) is 38.7 Å². The highest BCUT2D eigenvalue weighted by molar-refractivity contribution is 6.09. The van der Waals surface area contributed by atoms with Crippen molar-refractivity contribution in [2.45, 2.75) is 24.2 Å². The molecular weight excluding hydrogens is 722 g/mol. The molecule has 2 heterocycles. The lowest BCUT2D eigenvalue weighted by molar-refractivity contribution is -0.145. The third kappa shape index (κ3) is 7.52. The molecule has 3 amide bonds. The van der Waals surface area contributed by atoms with Crippen molar-refractivity contribution in [3.8, 4) is 0 Å². The Morgan fingerprint density at radius 3 is 1.88 bits per heavy atom. The minimum atomic E-state index is -2.65. The fourth-order valence-electron chi connectivity index (χ4n) is 6.45. The van der Waals surface area contributed by atoms with Crippen molar-refractivity contribution >= 4 is 59.3 Å². The van der Waals surface area contributed by atoms with Crippen LogP contribution in [0.5, 0.6) is 0 Å². The number of aliphatic carboxylic acids is 1. The summed E-state index contributed by atoms with van der Waals surface area (Å²) < 4.78 is 7.76. The first kappa shape index (κ1) is 38.0. The summed E-state index contributed by atoms with van der Waals surface area (Å²) in [6.07, 6.45) is 1.65. The van der Waals surface area contributed by atoms with Gasteiger partial charge in [-0.2, -0.15) is 5.10 Å². The lowest BCUT2D eigenvalue weighted by Crippen LogP contribution is -2.41. The number of benzene rings is 4. The molecule has 4 aromatic carbocycles. The number of carbonyl (C=O) groups excluding carboxylic acids is 6. The average molecular weight is 756 g/mol. The van der Waals surface area contributed by atoms with E-state index in [1.807, 2.05) is 95.6 Å². The second kappa shape index (κ2) is 16.1. The van der Waals surface area contributed by atoms with Crippen LogP contribution in [0, 0.1) is 0 Å². The summed E-state index contributed by atoms with van der Waals surface area (Å²) in [5.41, 5.74) is 5.14. The number of fused-ring (bicyclic) bond motifs is 1. The number of anilines is 1. The summed E-state index contributed by atoms with van der Waals surface area (Å²) in [5.74, 6) is -2.94. The molecule has 0 aliphatic rings. The predicted octanol–water partition coefficient (Wildman–Crippen LogP) is 3.17. The van der Waals surface area contributed by atoms with Gasteiger partial charge in [-0.05, 0) is 34.9 Å². The second-order valence-corrected chi connectivity index (χ2v) is 12.5. The van der Waals surface area contributed by atoms with Crippen LogP contribution in [0.25, 0.3) is 10.9 Å². The number of rotatable bonds is 16. The Bertz CT molecular complexity index is 2310. The Kier molecular flexibility index (Phi) is 10.9. The molecule has 282 valence electrons. The SMILES string of the molecule is NC(=O)c1nn(CC(=O)N(CC(=O)O)Cc2cn(C(c3ccccc3)(c3ccccc3)c3ccccc3)cn2)c2ccc(NC(=O)OC(C=O)(C=O)C=O)cc12. The molecule has 0 atom stereocenters. The average Bonchev–Trinajstić information content (AvgIpc) is 3.83. The Balaban J connectivity index is 1.31. The van der Waals surface area contributed by atoms with E-state index in [-0.39, 0.29) is 47.7 Å². The van der Waals surface area contributed by atoms with Crippen molar-refractivity contribution < 1.29 is 43.4 Å². The number of nitrogens with one attached hydrogen (secondary N) is 1. The minimum absolute atomic E-state index is 0.00634. The number of aromatic nitrogens is 4. The van der Waals surface area contributed by atoms with Gasteiger partial charge in [-0.1, -0.05) is 91.0 Å². The van der Waals surface area contributed by atoms with E-state index in [2.05, 4.69) is 20.1 Å². The first-order valence-corrected chi connectivity index (χ1v) is 16.9. The largest absolute Gasteiger partial charge is 0.480 e. The van der Waals surface area contributed by atoms with Crippen LogP contribution in [0.2, 0.25) is 0 Å². The van der Waals surface area contributed by atoms with Gasteiger partial charge in [0.25, 0.3) is 11.5 Å². The van der Waals surface area contributed by atoms with Crippen molar-refractivity contribution in [1.29, 1.82) is 0 Å². The predicted molar refractivity (Wildman–Crippen MR) is 199 cm³/mol. The molecule has 0 aliphatic heterocycles. The number of primary amides is 1. The number of carboxylic acid groups (broad SMARTS) is 1. The van der Waals surface area contributed by atoms with Gasteiger partial charge in [-0.25, -0.2) is 9.78 Å². The van der Waals surface area contributed by atoms with Crippen LogP contribution in [-0.2, 0) is 47.3 Å². The molecule has 0 aliphatic carbocycles. The van der Waals surface area contributed by atoms with E-state index in [1.165, 1.54) is 18.2 Å². The topological polar surface area (TPSA) is 226 Å². The van der Waals surface area contributed by atoms with E-state index in [1.54, 1.807) is 12.5 Å². The van der Waals surface area contributed by atoms with Crippen LogP contribution >= 0.6 is 0 Å². The molecule has 0 bridgehead atoms. The van der Waals surface area contributed by atoms with Crippen molar-refractivity contribution in [1.82, 2.24) is 24.2 Å². The van der Waals surface area contributed by atoms with Gasteiger partial charge in [-0.15, -0.1) is 0 Å². The monoisotopic (exact) mass is 755 g/mol. The molecule has 0 spiro atoms. The zero-order chi connectivity index (χ0) is 39.9. The van der Waals surface area contributed by atoms with Gasteiger partial charge in [0.1, 0.15) is 18.6 Å². The normalized spacial score (nSPS) is 11.4. The van der Waals surface area contributed by atoms with Gasteiger partial charge in [0.2, 0.25) is 5.91 Å². The quantitative estimate of drug-likeness (QED) is 0.0739. The maximum Gasteiger partial charge on any atom is 0.413 e. The van der Waals surface area contributed by atoms with Gasteiger partial charge in [0.15, 0.2) is 24.6 Å². The zero-order valence-electron chi connectivity index (χ0n) is 29.4. The molecular formula is C40H33N7O9. The van der Waals surface area contributed by atoms with Crippen LogP contribution in [0.1, 0.15) is 32.9 Å². The number of hydrogen-bond acceptors (Lipinski definition) is 10. The number of imidazole rings is 1. The molecule has 0 radical (unpaired) electrons. The minimum Gasteiger partial charge on any atom is -0.480 e. The van der Waals surface area contributed by atoms with Crippen LogP contribution in [0.15, 0.2) is 122 Å². The molecule has 0 unspecified atom stereocenters. The fourth-order valence-corrected chi connectivity index (χ4v) is 6.45. The summed E-state index contributed by atoms with van der Waals surface area (Å²) in [4.78, 5) is 89.9. The maximum atomic E-state index is 13.9. The molecule has 16 heteroatoms. The number of amides is 3. The highest BCUT2D eigenvalue weighted by atomic mass is 16.6. The molecule has 6 rings (SSSR count). The summed E-state index contributed by atoms with van der Waals surface area (Å²) in [6, 6.07) is 33.5. The number of ether oxygens (including phenoxy) is 1. The van der Waals surface area contributed by atoms with Crippen LogP contribution in [0.3, 0.4) is 0 Å². The molecule has 0 saturated carbocycles.